The van der Waals surface area contributed by atoms with Gasteiger partial charge in [-0.2, -0.15) is 0 Å². The van der Waals surface area contributed by atoms with Crippen LogP contribution in [0.25, 0.3) is 10.3 Å². The van der Waals surface area contributed by atoms with Gasteiger partial charge in [-0.15, -0.1) is 0 Å². The van der Waals surface area contributed by atoms with Gasteiger partial charge in [-0.1, -0.05) is 47.2 Å². The fraction of sp³-hybridized carbons (Fsp3) is 0.190. The number of para-hydroxylation sites is 1. The van der Waals surface area contributed by atoms with E-state index in [2.05, 4.69) is 71.7 Å². The first-order valence-electron chi connectivity index (χ1n) is 8.82. The summed E-state index contributed by atoms with van der Waals surface area (Å²) in [5, 5.41) is 7.65. The number of hydrogen-bond donors (Lipinski definition) is 2. The van der Waals surface area contributed by atoms with E-state index >= 15 is 0 Å². The predicted molar refractivity (Wildman–Crippen MR) is 114 cm³/mol. The Morgan fingerprint density at radius 2 is 1.48 bits per heavy atom. The molecule has 0 unspecified atom stereocenters. The van der Waals surface area contributed by atoms with Crippen LogP contribution in [-0.4, -0.2) is 15.0 Å². The van der Waals surface area contributed by atoms with Crippen LogP contribution in [0, 0.1) is 27.7 Å². The van der Waals surface area contributed by atoms with Gasteiger partial charge >= 0.3 is 0 Å². The van der Waals surface area contributed by atoms with Crippen LogP contribution in [0.3, 0.4) is 0 Å². The minimum atomic E-state index is 0.722. The fourth-order valence-corrected chi connectivity index (χ4v) is 3.85. The smallest absolute Gasteiger partial charge is 0.189 e. The molecular weight excluding hydrogens is 354 g/mol. The van der Waals surface area contributed by atoms with Gasteiger partial charge in [0.25, 0.3) is 0 Å². The van der Waals surface area contributed by atoms with Crippen LogP contribution < -0.4 is 10.6 Å². The van der Waals surface area contributed by atoms with Crippen molar-refractivity contribution in [2.45, 2.75) is 27.7 Å². The molecule has 136 valence electrons. The monoisotopic (exact) mass is 375 g/mol. The molecule has 0 aliphatic heterocycles. The molecule has 0 bridgehead atoms. The highest BCUT2D eigenvalue weighted by Crippen LogP contribution is 2.33. The first-order chi connectivity index (χ1) is 13.0. The SMILES string of the molecule is Cc1ccc(Nc2nc(C)nc3sc(Nc4c(C)cccc4C)nc23)cc1. The molecule has 27 heavy (non-hydrogen) atoms. The highest BCUT2D eigenvalue weighted by Gasteiger charge is 2.14. The van der Waals surface area contributed by atoms with Crippen LogP contribution >= 0.6 is 11.3 Å². The van der Waals surface area contributed by atoms with E-state index < -0.39 is 0 Å². The van der Waals surface area contributed by atoms with Crippen molar-refractivity contribution in [2.75, 3.05) is 10.6 Å². The molecule has 0 radical (unpaired) electrons. The van der Waals surface area contributed by atoms with Gasteiger partial charge < -0.3 is 10.6 Å². The fourth-order valence-electron chi connectivity index (χ4n) is 2.96. The van der Waals surface area contributed by atoms with E-state index in [0.29, 0.717) is 0 Å². The Kier molecular flexibility index (Phi) is 4.49. The van der Waals surface area contributed by atoms with Crippen molar-refractivity contribution in [1.29, 1.82) is 0 Å². The third-order valence-electron chi connectivity index (χ3n) is 4.40. The van der Waals surface area contributed by atoms with Crippen molar-refractivity contribution in [3.63, 3.8) is 0 Å². The number of anilines is 4. The van der Waals surface area contributed by atoms with Crippen LogP contribution in [0.5, 0.6) is 0 Å². The molecule has 0 atom stereocenters. The topological polar surface area (TPSA) is 62.7 Å². The van der Waals surface area contributed by atoms with Crippen LogP contribution in [0.2, 0.25) is 0 Å². The molecule has 0 amide bonds. The summed E-state index contributed by atoms with van der Waals surface area (Å²) in [6, 6.07) is 14.5. The Labute approximate surface area is 162 Å². The van der Waals surface area contributed by atoms with E-state index in [-0.39, 0.29) is 0 Å². The number of nitrogens with zero attached hydrogens (tertiary/aromatic N) is 3. The molecule has 0 spiro atoms. The van der Waals surface area contributed by atoms with E-state index in [1.807, 2.05) is 19.1 Å². The van der Waals surface area contributed by atoms with E-state index in [0.717, 1.165) is 38.5 Å². The zero-order chi connectivity index (χ0) is 19.0. The van der Waals surface area contributed by atoms with Crippen LogP contribution in [0.4, 0.5) is 22.3 Å². The summed E-state index contributed by atoms with van der Waals surface area (Å²) in [7, 11) is 0. The first-order valence-corrected chi connectivity index (χ1v) is 9.63. The Morgan fingerprint density at radius 3 is 2.19 bits per heavy atom. The summed E-state index contributed by atoms with van der Waals surface area (Å²) in [5.74, 6) is 1.45. The highest BCUT2D eigenvalue weighted by molar-refractivity contribution is 7.21. The Bertz CT molecular complexity index is 1100. The molecule has 0 saturated carbocycles. The quantitative estimate of drug-likeness (QED) is 0.471. The Hall–Kier alpha value is -2.99. The van der Waals surface area contributed by atoms with Crippen molar-refractivity contribution in [1.82, 2.24) is 15.0 Å². The number of thiazole rings is 1. The molecule has 0 aliphatic carbocycles. The Morgan fingerprint density at radius 1 is 0.778 bits per heavy atom. The number of aryl methyl sites for hydroxylation is 4. The second-order valence-corrected chi connectivity index (χ2v) is 7.65. The molecule has 4 rings (SSSR count). The molecule has 0 aliphatic rings. The molecular formula is C21H21N5S. The molecule has 5 nitrogen and oxygen atoms in total. The normalized spacial score (nSPS) is 11.0. The lowest BCUT2D eigenvalue weighted by atomic mass is 10.1. The van der Waals surface area contributed by atoms with Crippen LogP contribution in [0.1, 0.15) is 22.5 Å². The maximum Gasteiger partial charge on any atom is 0.189 e. The summed E-state index contributed by atoms with van der Waals surface area (Å²) >= 11 is 1.54. The van der Waals surface area contributed by atoms with E-state index in [1.165, 1.54) is 28.0 Å². The van der Waals surface area contributed by atoms with Crippen molar-refractivity contribution in [3.8, 4) is 0 Å². The maximum absolute atomic E-state index is 4.76. The summed E-state index contributed by atoms with van der Waals surface area (Å²) in [4.78, 5) is 14.8. The van der Waals surface area contributed by atoms with Crippen molar-refractivity contribution < 1.29 is 0 Å². The van der Waals surface area contributed by atoms with Crippen molar-refractivity contribution >= 4 is 44.0 Å². The second-order valence-electron chi connectivity index (χ2n) is 6.68. The van der Waals surface area contributed by atoms with Gasteiger partial charge in [0.2, 0.25) is 0 Å². The van der Waals surface area contributed by atoms with Gasteiger partial charge in [-0.25, -0.2) is 15.0 Å². The summed E-state index contributed by atoms with van der Waals surface area (Å²) in [5.41, 5.74) is 6.45. The standard InChI is InChI=1S/C21H21N5S/c1-12-8-10-16(11-9-12)24-19-18-20(23-15(4)22-19)27-21(26-18)25-17-13(2)6-5-7-14(17)3/h5-11H,1-4H3,(H,25,26)(H,22,23,24). The van der Waals surface area contributed by atoms with Gasteiger partial charge in [0, 0.05) is 11.4 Å². The number of nitrogens with one attached hydrogen (secondary N) is 2. The zero-order valence-corrected chi connectivity index (χ0v) is 16.6. The average molecular weight is 376 g/mol. The molecule has 0 saturated heterocycles. The zero-order valence-electron chi connectivity index (χ0n) is 15.8. The first kappa shape index (κ1) is 17.4. The molecule has 2 aromatic carbocycles. The van der Waals surface area contributed by atoms with Crippen LogP contribution in [-0.2, 0) is 0 Å². The maximum atomic E-state index is 4.76. The van der Waals surface area contributed by atoms with E-state index in [4.69, 9.17) is 4.98 Å². The largest absolute Gasteiger partial charge is 0.338 e. The van der Waals surface area contributed by atoms with Crippen LogP contribution in [0.15, 0.2) is 42.5 Å². The van der Waals surface area contributed by atoms with Gasteiger partial charge in [-0.3, -0.25) is 0 Å². The van der Waals surface area contributed by atoms with E-state index in [9.17, 15) is 0 Å². The number of aromatic nitrogens is 3. The molecule has 2 heterocycles. The highest BCUT2D eigenvalue weighted by atomic mass is 32.1. The number of rotatable bonds is 4. The number of hydrogen-bond acceptors (Lipinski definition) is 6. The lowest BCUT2D eigenvalue weighted by Crippen LogP contribution is -1.99. The van der Waals surface area contributed by atoms with Gasteiger partial charge in [0.1, 0.15) is 11.3 Å². The Balaban J connectivity index is 1.72. The second kappa shape index (κ2) is 6.96. The van der Waals surface area contributed by atoms with Crippen molar-refractivity contribution in [3.05, 3.63) is 65.0 Å². The molecule has 0 fully saturated rings. The third-order valence-corrected chi connectivity index (χ3v) is 5.26. The summed E-state index contributed by atoms with van der Waals surface area (Å²) in [6.45, 7) is 8.16. The predicted octanol–water partition coefficient (Wildman–Crippen LogP) is 5.81. The molecule has 4 aromatic rings. The van der Waals surface area contributed by atoms with Crippen molar-refractivity contribution in [2.24, 2.45) is 0 Å². The number of fused-ring (bicyclic) bond motifs is 1. The average Bonchev–Trinajstić information content (AvgIpc) is 3.03. The molecule has 2 N–H and O–H groups in total. The number of benzene rings is 2. The molecule has 6 heteroatoms. The molecule has 2 aromatic heterocycles. The van der Waals surface area contributed by atoms with Gasteiger partial charge in [-0.05, 0) is 51.0 Å². The van der Waals surface area contributed by atoms with Gasteiger partial charge in [0.15, 0.2) is 15.8 Å². The van der Waals surface area contributed by atoms with E-state index in [1.54, 1.807) is 0 Å². The lowest BCUT2D eigenvalue weighted by molar-refractivity contribution is 1.09. The minimum absolute atomic E-state index is 0.722. The summed E-state index contributed by atoms with van der Waals surface area (Å²) in [6.07, 6.45) is 0. The summed E-state index contributed by atoms with van der Waals surface area (Å²) < 4.78 is 0. The lowest BCUT2D eigenvalue weighted by Gasteiger charge is -2.09. The third kappa shape index (κ3) is 3.61. The van der Waals surface area contributed by atoms with Gasteiger partial charge in [0.05, 0.1) is 0 Å². The minimum Gasteiger partial charge on any atom is -0.338 e.